The van der Waals surface area contributed by atoms with Gasteiger partial charge >= 0.3 is 5.69 Å². The van der Waals surface area contributed by atoms with Gasteiger partial charge in [-0.1, -0.05) is 0 Å². The van der Waals surface area contributed by atoms with Gasteiger partial charge in [0.2, 0.25) is 11.8 Å². The third kappa shape index (κ3) is 4.00. The van der Waals surface area contributed by atoms with E-state index in [0.29, 0.717) is 5.75 Å². The van der Waals surface area contributed by atoms with Crippen LogP contribution in [-0.4, -0.2) is 44.2 Å². The van der Waals surface area contributed by atoms with Crippen LogP contribution in [0, 0.1) is 10.1 Å². The van der Waals surface area contributed by atoms with Gasteiger partial charge in [-0.05, 0) is 13.2 Å². The molecule has 1 atom stereocenters. The first-order valence-electron chi connectivity index (χ1n) is 5.08. The fraction of sp³-hybridized carbons (Fsp3) is 0.556. The molecule has 0 spiro atoms. The maximum absolute atomic E-state index is 10.8. The number of hydrogen-bond donors (Lipinski definition) is 3. The quantitative estimate of drug-likeness (QED) is 0.505. The number of nitrogen functional groups attached to an aromatic ring is 1. The summed E-state index contributed by atoms with van der Waals surface area (Å²) in [5.74, 6) is 0.440. The van der Waals surface area contributed by atoms with Crippen LogP contribution < -0.4 is 11.1 Å². The van der Waals surface area contributed by atoms with E-state index in [4.69, 9.17) is 5.73 Å². The molecule has 0 fully saturated rings. The van der Waals surface area contributed by atoms with Gasteiger partial charge in [-0.3, -0.25) is 10.1 Å². The first-order chi connectivity index (χ1) is 8.35. The van der Waals surface area contributed by atoms with E-state index in [-0.39, 0.29) is 24.0 Å². The molecule has 1 aromatic rings. The zero-order valence-corrected chi connectivity index (χ0v) is 10.9. The van der Waals surface area contributed by atoms with E-state index in [9.17, 15) is 15.2 Å². The van der Waals surface area contributed by atoms with Gasteiger partial charge in [0.15, 0.2) is 0 Å². The number of nitrogens with one attached hydrogen (secondary N) is 1. The lowest BCUT2D eigenvalue weighted by Gasteiger charge is -2.22. The van der Waals surface area contributed by atoms with Crippen LogP contribution in [0.1, 0.15) is 6.92 Å². The molecule has 18 heavy (non-hydrogen) atoms. The van der Waals surface area contributed by atoms with E-state index in [0.717, 1.165) is 6.20 Å². The van der Waals surface area contributed by atoms with Crippen molar-refractivity contribution < 1.29 is 10.0 Å². The minimum Gasteiger partial charge on any atom is -0.387 e. The molecular weight excluding hydrogens is 258 g/mol. The third-order valence-electron chi connectivity index (χ3n) is 2.08. The van der Waals surface area contributed by atoms with Crippen LogP contribution >= 0.6 is 11.8 Å². The zero-order chi connectivity index (χ0) is 13.8. The molecule has 0 saturated carbocycles. The van der Waals surface area contributed by atoms with Gasteiger partial charge in [0.05, 0.1) is 10.5 Å². The number of thioether (sulfide) groups is 1. The summed E-state index contributed by atoms with van der Waals surface area (Å²) < 4.78 is 0. The van der Waals surface area contributed by atoms with Crippen molar-refractivity contribution in [2.75, 3.05) is 29.6 Å². The Kier molecular flexibility index (Phi) is 4.68. The second-order valence-electron chi connectivity index (χ2n) is 4.00. The van der Waals surface area contributed by atoms with Crippen LogP contribution in [0.5, 0.6) is 0 Å². The molecule has 9 heteroatoms. The average molecular weight is 273 g/mol. The largest absolute Gasteiger partial charge is 0.387 e. The van der Waals surface area contributed by atoms with E-state index in [1.807, 2.05) is 6.26 Å². The minimum absolute atomic E-state index is 0.00822. The van der Waals surface area contributed by atoms with Gasteiger partial charge < -0.3 is 16.2 Å². The number of rotatable bonds is 6. The Morgan fingerprint density at radius 2 is 2.39 bits per heavy atom. The van der Waals surface area contributed by atoms with Crippen molar-refractivity contribution in [3.05, 3.63) is 16.3 Å². The highest BCUT2D eigenvalue weighted by Crippen LogP contribution is 2.22. The summed E-state index contributed by atoms with van der Waals surface area (Å²) in [5, 5.41) is 23.4. The zero-order valence-electron chi connectivity index (χ0n) is 10.1. The van der Waals surface area contributed by atoms with Gasteiger partial charge in [0.1, 0.15) is 6.20 Å². The molecule has 0 aliphatic rings. The van der Waals surface area contributed by atoms with E-state index in [2.05, 4.69) is 15.3 Å². The predicted octanol–water partition coefficient (Wildman–Crippen LogP) is 0.493. The van der Waals surface area contributed by atoms with Crippen LogP contribution in [0.15, 0.2) is 6.20 Å². The standard InChI is InChI=1S/C9H15N5O3S/c1-9(15,5-18-2)4-12-7-6(14(16)17)3-11-8(10)13-7/h3,15H,4-5H2,1-2H3,(H3,10,11,12,13). The lowest BCUT2D eigenvalue weighted by atomic mass is 10.1. The van der Waals surface area contributed by atoms with Crippen LogP contribution in [0.25, 0.3) is 0 Å². The molecule has 0 amide bonds. The van der Waals surface area contributed by atoms with E-state index in [1.54, 1.807) is 6.92 Å². The van der Waals surface area contributed by atoms with Gasteiger partial charge in [-0.25, -0.2) is 4.98 Å². The van der Waals surface area contributed by atoms with Crippen molar-refractivity contribution in [1.82, 2.24) is 9.97 Å². The normalized spacial score (nSPS) is 13.9. The van der Waals surface area contributed by atoms with Gasteiger partial charge in [-0.2, -0.15) is 16.7 Å². The monoisotopic (exact) mass is 273 g/mol. The van der Waals surface area contributed by atoms with Crippen LogP contribution in [0.3, 0.4) is 0 Å². The molecule has 1 rings (SSSR count). The van der Waals surface area contributed by atoms with Crippen LogP contribution in [0.4, 0.5) is 17.5 Å². The highest BCUT2D eigenvalue weighted by atomic mass is 32.2. The second-order valence-corrected chi connectivity index (χ2v) is 4.87. The van der Waals surface area contributed by atoms with Crippen molar-refractivity contribution in [2.24, 2.45) is 0 Å². The summed E-state index contributed by atoms with van der Waals surface area (Å²) >= 11 is 1.48. The average Bonchev–Trinajstić information content (AvgIpc) is 2.26. The van der Waals surface area contributed by atoms with Crippen molar-refractivity contribution in [1.29, 1.82) is 0 Å². The highest BCUT2D eigenvalue weighted by molar-refractivity contribution is 7.98. The van der Waals surface area contributed by atoms with E-state index in [1.165, 1.54) is 11.8 Å². The molecule has 100 valence electrons. The Bertz CT molecular complexity index is 440. The van der Waals surface area contributed by atoms with Crippen molar-refractivity contribution in [3.63, 3.8) is 0 Å². The summed E-state index contributed by atoms with van der Waals surface area (Å²) in [6, 6.07) is 0. The maximum atomic E-state index is 10.8. The molecular formula is C9H15N5O3S. The van der Waals surface area contributed by atoms with E-state index < -0.39 is 10.5 Å². The summed E-state index contributed by atoms with van der Waals surface area (Å²) in [6.45, 7) is 1.76. The lowest BCUT2D eigenvalue weighted by molar-refractivity contribution is -0.384. The van der Waals surface area contributed by atoms with Gasteiger partial charge in [0.25, 0.3) is 0 Å². The Morgan fingerprint density at radius 1 is 1.72 bits per heavy atom. The molecule has 1 unspecified atom stereocenters. The predicted molar refractivity (Wildman–Crippen MR) is 70.6 cm³/mol. The summed E-state index contributed by atoms with van der Waals surface area (Å²) in [6.07, 6.45) is 2.90. The SMILES string of the molecule is CSCC(C)(O)CNc1nc(N)ncc1[N+](=O)[O-]. The number of aliphatic hydroxyl groups is 1. The molecule has 0 aromatic carbocycles. The molecule has 1 aromatic heterocycles. The fourth-order valence-electron chi connectivity index (χ4n) is 1.29. The molecule has 1 heterocycles. The summed E-state index contributed by atoms with van der Waals surface area (Å²) in [5.41, 5.74) is 4.11. The fourth-order valence-corrected chi connectivity index (χ4v) is 2.01. The first-order valence-corrected chi connectivity index (χ1v) is 6.47. The third-order valence-corrected chi connectivity index (χ3v) is 2.99. The van der Waals surface area contributed by atoms with Crippen molar-refractivity contribution >= 4 is 29.2 Å². The Hall–Kier alpha value is -1.61. The Labute approximate surface area is 108 Å². The first kappa shape index (κ1) is 14.5. The summed E-state index contributed by atoms with van der Waals surface area (Å²) in [7, 11) is 0. The number of nitrogens with zero attached hydrogens (tertiary/aromatic N) is 3. The second kappa shape index (κ2) is 5.83. The number of aromatic nitrogens is 2. The molecule has 0 bridgehead atoms. The smallest absolute Gasteiger partial charge is 0.329 e. The van der Waals surface area contributed by atoms with E-state index >= 15 is 0 Å². The lowest BCUT2D eigenvalue weighted by Crippen LogP contribution is -2.36. The number of anilines is 2. The topological polar surface area (TPSA) is 127 Å². The van der Waals surface area contributed by atoms with Crippen molar-refractivity contribution in [2.45, 2.75) is 12.5 Å². The van der Waals surface area contributed by atoms with Crippen LogP contribution in [0.2, 0.25) is 0 Å². The summed E-state index contributed by atoms with van der Waals surface area (Å²) in [4.78, 5) is 17.5. The number of nitro groups is 1. The van der Waals surface area contributed by atoms with Crippen molar-refractivity contribution in [3.8, 4) is 0 Å². The highest BCUT2D eigenvalue weighted by Gasteiger charge is 2.23. The molecule has 0 radical (unpaired) electrons. The molecule has 4 N–H and O–H groups in total. The Balaban J connectivity index is 2.83. The molecule has 8 nitrogen and oxygen atoms in total. The number of hydrogen-bond acceptors (Lipinski definition) is 8. The van der Waals surface area contributed by atoms with Gasteiger partial charge in [0, 0.05) is 12.3 Å². The van der Waals surface area contributed by atoms with Gasteiger partial charge in [-0.15, -0.1) is 0 Å². The molecule has 0 aliphatic heterocycles. The maximum Gasteiger partial charge on any atom is 0.329 e. The Morgan fingerprint density at radius 3 is 2.94 bits per heavy atom. The minimum atomic E-state index is -0.993. The van der Waals surface area contributed by atoms with Crippen LogP contribution in [-0.2, 0) is 0 Å². The molecule has 0 saturated heterocycles. The molecule has 0 aliphatic carbocycles. The number of nitrogens with two attached hydrogens (primary N) is 1.